The zero-order valence-electron chi connectivity index (χ0n) is 16.3. The Morgan fingerprint density at radius 1 is 1.04 bits per heavy atom. The van der Waals surface area contributed by atoms with E-state index in [9.17, 15) is 9.59 Å². The second-order valence-electron chi connectivity index (χ2n) is 6.62. The molecule has 0 radical (unpaired) electrons. The quantitative estimate of drug-likeness (QED) is 0.767. The van der Waals surface area contributed by atoms with E-state index in [1.54, 1.807) is 44.2 Å². The lowest BCUT2D eigenvalue weighted by molar-refractivity contribution is -0.117. The van der Waals surface area contributed by atoms with Crippen molar-refractivity contribution in [2.45, 2.75) is 25.8 Å². The predicted molar refractivity (Wildman–Crippen MR) is 109 cm³/mol. The summed E-state index contributed by atoms with van der Waals surface area (Å²) in [6.07, 6.45) is 1.50. The molecule has 1 aliphatic heterocycles. The molecular formula is C21H25N3O4. The van der Waals surface area contributed by atoms with E-state index < -0.39 is 6.04 Å². The highest BCUT2D eigenvalue weighted by atomic mass is 16.5. The molecule has 1 heterocycles. The molecule has 1 aliphatic rings. The fraction of sp³-hybridized carbons (Fsp3) is 0.333. The van der Waals surface area contributed by atoms with Crippen LogP contribution in [0.25, 0.3) is 0 Å². The Balaban J connectivity index is 1.60. The largest absolute Gasteiger partial charge is 0.493 e. The lowest BCUT2D eigenvalue weighted by Gasteiger charge is -2.18. The Morgan fingerprint density at radius 2 is 1.71 bits per heavy atom. The monoisotopic (exact) mass is 383 g/mol. The number of nitrogens with zero attached hydrogens (tertiary/aromatic N) is 1. The van der Waals surface area contributed by atoms with Crippen molar-refractivity contribution in [1.29, 1.82) is 0 Å². The van der Waals surface area contributed by atoms with E-state index in [0.29, 0.717) is 23.6 Å². The van der Waals surface area contributed by atoms with Crippen LogP contribution in [0.2, 0.25) is 0 Å². The number of amides is 2. The van der Waals surface area contributed by atoms with Gasteiger partial charge in [0.15, 0.2) is 11.5 Å². The van der Waals surface area contributed by atoms with Gasteiger partial charge < -0.3 is 25.0 Å². The molecule has 0 bridgehead atoms. The fourth-order valence-corrected chi connectivity index (χ4v) is 3.14. The van der Waals surface area contributed by atoms with E-state index in [-0.39, 0.29) is 11.8 Å². The summed E-state index contributed by atoms with van der Waals surface area (Å²) in [6.45, 7) is 2.55. The van der Waals surface area contributed by atoms with Gasteiger partial charge in [-0.3, -0.25) is 9.59 Å². The first-order valence-electron chi connectivity index (χ1n) is 9.21. The highest BCUT2D eigenvalue weighted by molar-refractivity contribution is 5.97. The summed E-state index contributed by atoms with van der Waals surface area (Å²) in [4.78, 5) is 26.1. The van der Waals surface area contributed by atoms with Crippen molar-refractivity contribution in [2.75, 3.05) is 36.3 Å². The van der Waals surface area contributed by atoms with Crippen LogP contribution in [-0.4, -0.2) is 38.6 Å². The van der Waals surface area contributed by atoms with Gasteiger partial charge in [0.25, 0.3) is 0 Å². The first kappa shape index (κ1) is 19.5. The molecule has 28 heavy (non-hydrogen) atoms. The normalized spacial score (nSPS) is 14.5. The molecule has 2 amide bonds. The number of rotatable bonds is 7. The highest BCUT2D eigenvalue weighted by Crippen LogP contribution is 2.30. The van der Waals surface area contributed by atoms with Gasteiger partial charge >= 0.3 is 0 Å². The summed E-state index contributed by atoms with van der Waals surface area (Å²) in [7, 11) is 3.11. The van der Waals surface area contributed by atoms with E-state index >= 15 is 0 Å². The lowest BCUT2D eigenvalue weighted by atomic mass is 10.2. The zero-order chi connectivity index (χ0) is 20.1. The molecule has 2 N–H and O–H groups in total. The van der Waals surface area contributed by atoms with Gasteiger partial charge in [0, 0.05) is 36.1 Å². The van der Waals surface area contributed by atoms with Crippen LogP contribution in [0.1, 0.15) is 19.8 Å². The summed E-state index contributed by atoms with van der Waals surface area (Å²) in [6, 6.07) is 12.3. The molecule has 148 valence electrons. The first-order valence-corrected chi connectivity index (χ1v) is 9.21. The highest BCUT2D eigenvalue weighted by Gasteiger charge is 2.21. The minimum Gasteiger partial charge on any atom is -0.493 e. The third-order valence-corrected chi connectivity index (χ3v) is 4.68. The molecule has 1 atom stereocenters. The van der Waals surface area contributed by atoms with E-state index in [1.165, 1.54) is 0 Å². The van der Waals surface area contributed by atoms with E-state index in [4.69, 9.17) is 9.47 Å². The van der Waals surface area contributed by atoms with Crippen molar-refractivity contribution < 1.29 is 19.1 Å². The van der Waals surface area contributed by atoms with Gasteiger partial charge in [-0.25, -0.2) is 0 Å². The summed E-state index contributed by atoms with van der Waals surface area (Å²) in [5.41, 5.74) is 2.32. The second kappa shape index (κ2) is 8.65. The number of nitrogens with one attached hydrogen (secondary N) is 2. The van der Waals surface area contributed by atoms with Crippen molar-refractivity contribution in [3.05, 3.63) is 42.5 Å². The Labute approximate surface area is 164 Å². The summed E-state index contributed by atoms with van der Waals surface area (Å²) in [5, 5.41) is 6.03. The predicted octanol–water partition coefficient (Wildman–Crippen LogP) is 3.27. The molecule has 2 aromatic carbocycles. The fourth-order valence-electron chi connectivity index (χ4n) is 3.14. The van der Waals surface area contributed by atoms with Gasteiger partial charge in [-0.15, -0.1) is 0 Å². The van der Waals surface area contributed by atoms with Gasteiger partial charge in [0.1, 0.15) is 6.04 Å². The van der Waals surface area contributed by atoms with Gasteiger partial charge in [-0.2, -0.15) is 0 Å². The van der Waals surface area contributed by atoms with Crippen molar-refractivity contribution in [2.24, 2.45) is 0 Å². The Hall–Kier alpha value is -3.22. The summed E-state index contributed by atoms with van der Waals surface area (Å²) >= 11 is 0. The molecule has 0 spiro atoms. The smallest absolute Gasteiger partial charge is 0.246 e. The average Bonchev–Trinajstić information content (AvgIpc) is 3.14. The first-order chi connectivity index (χ1) is 13.5. The van der Waals surface area contributed by atoms with E-state index in [0.717, 1.165) is 24.3 Å². The molecule has 7 heteroatoms. The number of carbonyl (C=O) groups excluding carboxylic acids is 2. The van der Waals surface area contributed by atoms with Crippen LogP contribution >= 0.6 is 0 Å². The maximum atomic E-state index is 12.5. The standard InChI is InChI=1S/C21H25N3O4/c1-14(21(26)23-16-8-11-18(27-2)19(13-16)28-3)22-15-6-9-17(10-7-15)24-12-4-5-20(24)25/h6-11,13-14,22H,4-5,12H2,1-3H3,(H,23,26)/t14-/m0/s1. The van der Waals surface area contributed by atoms with Crippen LogP contribution in [0.15, 0.2) is 42.5 Å². The van der Waals surface area contributed by atoms with E-state index in [1.807, 2.05) is 24.3 Å². The number of methoxy groups -OCH3 is 2. The van der Waals surface area contributed by atoms with Crippen LogP contribution in [0.3, 0.4) is 0 Å². The third-order valence-electron chi connectivity index (χ3n) is 4.68. The Morgan fingerprint density at radius 3 is 2.32 bits per heavy atom. The minimum atomic E-state index is -0.452. The molecule has 1 saturated heterocycles. The number of hydrogen-bond acceptors (Lipinski definition) is 5. The third kappa shape index (κ3) is 4.36. The minimum absolute atomic E-state index is 0.156. The van der Waals surface area contributed by atoms with Crippen LogP contribution in [0.4, 0.5) is 17.1 Å². The summed E-state index contributed by atoms with van der Waals surface area (Å²) in [5.74, 6) is 1.13. The molecule has 0 unspecified atom stereocenters. The number of anilines is 3. The molecule has 7 nitrogen and oxygen atoms in total. The average molecular weight is 383 g/mol. The van der Waals surface area contributed by atoms with Crippen molar-refractivity contribution in [1.82, 2.24) is 0 Å². The molecular weight excluding hydrogens is 358 g/mol. The Kier molecular flexibility index (Phi) is 6.03. The molecule has 0 aromatic heterocycles. The van der Waals surface area contributed by atoms with Gasteiger partial charge in [0.2, 0.25) is 11.8 Å². The van der Waals surface area contributed by atoms with Crippen molar-refractivity contribution >= 4 is 28.9 Å². The molecule has 2 aromatic rings. The summed E-state index contributed by atoms with van der Waals surface area (Å²) < 4.78 is 10.5. The molecule has 0 saturated carbocycles. The SMILES string of the molecule is COc1ccc(NC(=O)[C@H](C)Nc2ccc(N3CCCC3=O)cc2)cc1OC. The Bertz CT molecular complexity index is 851. The second-order valence-corrected chi connectivity index (χ2v) is 6.62. The molecule has 3 rings (SSSR count). The lowest BCUT2D eigenvalue weighted by Crippen LogP contribution is -2.31. The van der Waals surface area contributed by atoms with Crippen LogP contribution in [0.5, 0.6) is 11.5 Å². The number of carbonyl (C=O) groups is 2. The number of ether oxygens (including phenoxy) is 2. The maximum absolute atomic E-state index is 12.5. The van der Waals surface area contributed by atoms with Crippen LogP contribution in [0, 0.1) is 0 Å². The van der Waals surface area contributed by atoms with Crippen molar-refractivity contribution in [3.63, 3.8) is 0 Å². The van der Waals surface area contributed by atoms with E-state index in [2.05, 4.69) is 10.6 Å². The van der Waals surface area contributed by atoms with Gasteiger partial charge in [0.05, 0.1) is 14.2 Å². The molecule has 0 aliphatic carbocycles. The maximum Gasteiger partial charge on any atom is 0.246 e. The van der Waals surface area contributed by atoms with Crippen LogP contribution in [-0.2, 0) is 9.59 Å². The molecule has 1 fully saturated rings. The topological polar surface area (TPSA) is 79.9 Å². The van der Waals surface area contributed by atoms with Crippen molar-refractivity contribution in [3.8, 4) is 11.5 Å². The van der Waals surface area contributed by atoms with Gasteiger partial charge in [-0.05, 0) is 49.7 Å². The number of benzene rings is 2. The van der Waals surface area contributed by atoms with Gasteiger partial charge in [-0.1, -0.05) is 0 Å². The zero-order valence-corrected chi connectivity index (χ0v) is 16.3. The number of hydrogen-bond donors (Lipinski definition) is 2. The van der Waals surface area contributed by atoms with Crippen LogP contribution < -0.4 is 25.0 Å².